The van der Waals surface area contributed by atoms with E-state index < -0.39 is 12.1 Å². The molecule has 0 unspecified atom stereocenters. The van der Waals surface area contributed by atoms with Crippen LogP contribution in [0.15, 0.2) is 24.1 Å². The second-order valence-electron chi connectivity index (χ2n) is 7.08. The van der Waals surface area contributed by atoms with Gasteiger partial charge in [0.15, 0.2) is 5.82 Å². The number of aromatic nitrogens is 3. The summed E-state index contributed by atoms with van der Waals surface area (Å²) in [5.74, 6) is -2.20. The van der Waals surface area contributed by atoms with E-state index in [1.165, 1.54) is 4.88 Å². The van der Waals surface area contributed by atoms with Crippen LogP contribution in [-0.4, -0.2) is 68.8 Å². The molecule has 2 aliphatic heterocycles. The average Bonchev–Trinajstić information content (AvgIpc) is 3.39. The number of carbonyl (C=O) groups is 2. The normalized spacial score (nSPS) is 23.0. The predicted molar refractivity (Wildman–Crippen MR) is 103 cm³/mol. The van der Waals surface area contributed by atoms with E-state index in [4.69, 9.17) is 14.6 Å². The van der Waals surface area contributed by atoms with Gasteiger partial charge >= 0.3 is 12.1 Å². The quantitative estimate of drug-likeness (QED) is 0.713. The molecule has 13 heteroatoms. The molecule has 31 heavy (non-hydrogen) atoms. The summed E-state index contributed by atoms with van der Waals surface area (Å²) in [5.41, 5.74) is 2.98. The number of rotatable bonds is 4. The van der Waals surface area contributed by atoms with E-state index in [2.05, 4.69) is 25.2 Å². The Morgan fingerprint density at radius 1 is 1.32 bits per heavy atom. The van der Waals surface area contributed by atoms with Gasteiger partial charge in [-0.3, -0.25) is 14.7 Å². The van der Waals surface area contributed by atoms with E-state index in [1.807, 2.05) is 12.4 Å². The zero-order chi connectivity index (χ0) is 22.6. The van der Waals surface area contributed by atoms with Crippen molar-refractivity contribution in [3.05, 3.63) is 34.7 Å². The van der Waals surface area contributed by atoms with Crippen molar-refractivity contribution in [2.45, 2.75) is 25.7 Å². The number of aryl methyl sites for hydroxylation is 1. The van der Waals surface area contributed by atoms with Gasteiger partial charge in [-0.15, -0.1) is 11.3 Å². The monoisotopic (exact) mass is 459 g/mol. The molecule has 4 rings (SSSR count). The Bertz CT molecular complexity index is 911. The highest BCUT2D eigenvalue weighted by Crippen LogP contribution is 2.35. The highest BCUT2D eigenvalue weighted by atomic mass is 32.1. The number of aliphatic carboxylic acids is 1. The minimum atomic E-state index is -5.08. The van der Waals surface area contributed by atoms with Gasteiger partial charge in [-0.2, -0.15) is 13.2 Å². The molecule has 2 aliphatic rings. The van der Waals surface area contributed by atoms with E-state index in [0.29, 0.717) is 12.4 Å². The van der Waals surface area contributed by atoms with Gasteiger partial charge < -0.3 is 15.2 Å². The zero-order valence-electron chi connectivity index (χ0n) is 16.4. The van der Waals surface area contributed by atoms with Crippen LogP contribution in [0.4, 0.5) is 19.0 Å². The number of alkyl halides is 3. The number of fused-ring (bicyclic) bond motifs is 1. The molecule has 0 radical (unpaired) electrons. The number of nitrogens with zero attached hydrogens (tertiary/aromatic N) is 4. The molecular formula is C18H20F3N5O4S. The van der Waals surface area contributed by atoms with Crippen molar-refractivity contribution >= 4 is 29.0 Å². The fourth-order valence-corrected chi connectivity index (χ4v) is 4.27. The minimum Gasteiger partial charge on any atom is -0.475 e. The number of amides is 1. The lowest BCUT2D eigenvalue weighted by Gasteiger charge is -2.18. The van der Waals surface area contributed by atoms with Gasteiger partial charge in [0.25, 0.3) is 0 Å². The maximum absolute atomic E-state index is 12.5. The van der Waals surface area contributed by atoms with Gasteiger partial charge in [0.2, 0.25) is 5.91 Å². The molecule has 168 valence electrons. The Kier molecular flexibility index (Phi) is 7.18. The third-order valence-electron chi connectivity index (χ3n) is 5.00. The molecular weight excluding hydrogens is 439 g/mol. The smallest absolute Gasteiger partial charge is 0.475 e. The number of carboxylic acid groups (broad SMARTS) is 1. The van der Waals surface area contributed by atoms with Crippen molar-refractivity contribution in [2.24, 2.45) is 11.8 Å². The van der Waals surface area contributed by atoms with E-state index in [-0.39, 0.29) is 23.8 Å². The van der Waals surface area contributed by atoms with Crippen LogP contribution in [0, 0.1) is 18.8 Å². The number of carbonyl (C=O) groups excluding carboxylic acids is 1. The van der Waals surface area contributed by atoms with Gasteiger partial charge in [0, 0.05) is 42.8 Å². The van der Waals surface area contributed by atoms with E-state index in [0.717, 1.165) is 25.3 Å². The number of anilines is 1. The fourth-order valence-electron chi connectivity index (χ4n) is 3.46. The Labute approximate surface area is 179 Å². The summed E-state index contributed by atoms with van der Waals surface area (Å²) in [6.07, 6.45) is -0.242. The highest BCUT2D eigenvalue weighted by Gasteiger charge is 2.47. The van der Waals surface area contributed by atoms with Crippen molar-refractivity contribution in [2.75, 3.05) is 25.0 Å². The summed E-state index contributed by atoms with van der Waals surface area (Å²) in [7, 11) is 0. The number of thiazole rings is 1. The molecule has 1 amide bonds. The largest absolute Gasteiger partial charge is 0.490 e. The SMILES string of the molecule is Cc1ncsc1CN1C[C@@H]2[C@@H](C(=O)Nc3cnccn3)CO[C@@H]2C1.O=C(O)C(F)(F)F. The average molecular weight is 459 g/mol. The maximum atomic E-state index is 12.5. The molecule has 2 N–H and O–H groups in total. The molecule has 0 aromatic carbocycles. The van der Waals surface area contributed by atoms with Crippen molar-refractivity contribution in [1.82, 2.24) is 19.9 Å². The van der Waals surface area contributed by atoms with Crippen LogP contribution in [0.2, 0.25) is 0 Å². The Morgan fingerprint density at radius 3 is 2.65 bits per heavy atom. The van der Waals surface area contributed by atoms with Crippen LogP contribution in [-0.2, 0) is 20.9 Å². The van der Waals surface area contributed by atoms with Gasteiger partial charge in [-0.05, 0) is 6.92 Å². The number of nitrogens with one attached hydrogen (secondary N) is 1. The number of halogens is 3. The predicted octanol–water partition coefficient (Wildman–Crippen LogP) is 1.96. The molecule has 3 atom stereocenters. The molecule has 2 saturated heterocycles. The molecule has 0 spiro atoms. The van der Waals surface area contributed by atoms with Crippen molar-refractivity contribution < 1.29 is 32.6 Å². The lowest BCUT2D eigenvalue weighted by atomic mass is 9.92. The summed E-state index contributed by atoms with van der Waals surface area (Å²) in [5, 5.41) is 9.97. The summed E-state index contributed by atoms with van der Waals surface area (Å²) in [6, 6.07) is 0. The minimum absolute atomic E-state index is 0.0289. The van der Waals surface area contributed by atoms with Gasteiger partial charge in [0.05, 0.1) is 36.0 Å². The molecule has 0 aliphatic carbocycles. The first-order chi connectivity index (χ1) is 14.6. The zero-order valence-corrected chi connectivity index (χ0v) is 17.2. The number of carboxylic acids is 1. The number of hydrogen-bond donors (Lipinski definition) is 2. The maximum Gasteiger partial charge on any atom is 0.490 e. The third-order valence-corrected chi connectivity index (χ3v) is 5.92. The third kappa shape index (κ3) is 5.95. The number of likely N-dealkylation sites (tertiary alicyclic amines) is 1. The topological polar surface area (TPSA) is 118 Å². The standard InChI is InChI=1S/C16H19N5O2S.C2HF3O2/c1-10-14(24-9-19-10)7-21-5-11-12(8-23-13(11)6-21)16(22)20-15-4-17-2-3-18-15;3-2(4,5)1(6)7/h2-4,9,11-13H,5-8H2,1H3,(H,18,20,22);(H,6,7)/t11-,12+,13-;/m1./s1. The summed E-state index contributed by atoms with van der Waals surface area (Å²) in [6.45, 7) is 5.15. The van der Waals surface area contributed by atoms with Gasteiger partial charge in [-0.1, -0.05) is 0 Å². The summed E-state index contributed by atoms with van der Waals surface area (Å²) in [4.78, 5) is 37.5. The van der Waals surface area contributed by atoms with Crippen LogP contribution < -0.4 is 5.32 Å². The number of ether oxygens (including phenoxy) is 1. The van der Waals surface area contributed by atoms with E-state index in [1.54, 1.807) is 29.9 Å². The highest BCUT2D eigenvalue weighted by molar-refractivity contribution is 7.09. The summed E-state index contributed by atoms with van der Waals surface area (Å²) >= 11 is 1.69. The first-order valence-corrected chi connectivity index (χ1v) is 10.1. The first-order valence-electron chi connectivity index (χ1n) is 9.25. The Hall–Kier alpha value is -2.64. The van der Waals surface area contributed by atoms with Crippen LogP contribution in [0.25, 0.3) is 0 Å². The lowest BCUT2D eigenvalue weighted by molar-refractivity contribution is -0.192. The molecule has 4 heterocycles. The Morgan fingerprint density at radius 2 is 2.06 bits per heavy atom. The number of hydrogen-bond acceptors (Lipinski definition) is 8. The van der Waals surface area contributed by atoms with E-state index in [9.17, 15) is 18.0 Å². The van der Waals surface area contributed by atoms with Crippen LogP contribution in [0.3, 0.4) is 0 Å². The van der Waals surface area contributed by atoms with Crippen molar-refractivity contribution in [3.63, 3.8) is 0 Å². The van der Waals surface area contributed by atoms with Crippen LogP contribution in [0.1, 0.15) is 10.6 Å². The molecule has 2 aromatic heterocycles. The van der Waals surface area contributed by atoms with Crippen molar-refractivity contribution in [1.29, 1.82) is 0 Å². The van der Waals surface area contributed by atoms with Gasteiger partial charge in [-0.25, -0.2) is 14.8 Å². The summed E-state index contributed by atoms with van der Waals surface area (Å²) < 4.78 is 37.6. The molecule has 9 nitrogen and oxygen atoms in total. The molecule has 2 aromatic rings. The second kappa shape index (κ2) is 9.66. The first kappa shape index (κ1) is 23.0. The molecule has 2 fully saturated rings. The molecule has 0 bridgehead atoms. The fraction of sp³-hybridized carbons (Fsp3) is 0.500. The van der Waals surface area contributed by atoms with Crippen LogP contribution in [0.5, 0.6) is 0 Å². The Balaban J connectivity index is 0.000000339. The van der Waals surface area contributed by atoms with E-state index >= 15 is 0 Å². The van der Waals surface area contributed by atoms with Crippen molar-refractivity contribution in [3.8, 4) is 0 Å². The molecule has 0 saturated carbocycles. The lowest BCUT2D eigenvalue weighted by Crippen LogP contribution is -2.32. The van der Waals surface area contributed by atoms with Crippen LogP contribution >= 0.6 is 11.3 Å². The second-order valence-corrected chi connectivity index (χ2v) is 8.02. The van der Waals surface area contributed by atoms with Gasteiger partial charge in [0.1, 0.15) is 0 Å².